The predicted octanol–water partition coefficient (Wildman–Crippen LogP) is 3.09. The molecule has 0 bridgehead atoms. The van der Waals surface area contributed by atoms with Crippen LogP contribution in [0.2, 0.25) is 10.0 Å². The van der Waals surface area contributed by atoms with Crippen LogP contribution >= 0.6 is 23.2 Å². The maximum atomic E-state index is 11.2. The summed E-state index contributed by atoms with van der Waals surface area (Å²) in [7, 11) is 0. The number of aliphatic hydroxyl groups is 1. The highest BCUT2D eigenvalue weighted by Crippen LogP contribution is 2.32. The van der Waals surface area contributed by atoms with Gasteiger partial charge in [-0.3, -0.25) is 4.79 Å². The highest BCUT2D eigenvalue weighted by atomic mass is 35.5. The number of ketones is 1. The van der Waals surface area contributed by atoms with Crippen LogP contribution in [0.5, 0.6) is 0 Å². The summed E-state index contributed by atoms with van der Waals surface area (Å²) in [6.45, 7) is 0. The van der Waals surface area contributed by atoms with Crippen LogP contribution < -0.4 is 0 Å². The quantitative estimate of drug-likeness (QED) is 0.721. The summed E-state index contributed by atoms with van der Waals surface area (Å²) >= 11 is 11.4. The molecule has 0 saturated heterocycles. The smallest absolute Gasteiger partial charge is 0.190 e. The van der Waals surface area contributed by atoms with Gasteiger partial charge in [0.25, 0.3) is 0 Å². The minimum absolute atomic E-state index is 0.0569. The largest absolute Gasteiger partial charge is 0.507 e. The van der Waals surface area contributed by atoms with E-state index >= 15 is 0 Å². The van der Waals surface area contributed by atoms with Crippen LogP contribution in [0.3, 0.4) is 0 Å². The summed E-state index contributed by atoms with van der Waals surface area (Å²) in [6, 6.07) is 2.94. The molecule has 0 radical (unpaired) electrons. The summed E-state index contributed by atoms with van der Waals surface area (Å²) in [5.41, 5.74) is 0.839. The number of fused-ring (bicyclic) bond motifs is 1. The third-order valence-electron chi connectivity index (χ3n) is 1.87. The molecule has 1 aliphatic carbocycles. The van der Waals surface area contributed by atoms with Gasteiger partial charge in [-0.05, 0) is 12.1 Å². The molecule has 0 spiro atoms. The Morgan fingerprint density at radius 1 is 1.08 bits per heavy atom. The van der Waals surface area contributed by atoms with Crippen LogP contribution in [0.4, 0.5) is 0 Å². The molecule has 1 aromatic carbocycles. The lowest BCUT2D eigenvalue weighted by Crippen LogP contribution is -1.91. The lowest BCUT2D eigenvalue weighted by Gasteiger charge is -2.01. The average molecular weight is 215 g/mol. The van der Waals surface area contributed by atoms with Gasteiger partial charge in [0.15, 0.2) is 5.78 Å². The second kappa shape index (κ2) is 2.76. The van der Waals surface area contributed by atoms with E-state index < -0.39 is 0 Å². The summed E-state index contributed by atoms with van der Waals surface area (Å²) in [6.07, 6.45) is 1.15. The van der Waals surface area contributed by atoms with Gasteiger partial charge in [-0.2, -0.15) is 0 Å². The van der Waals surface area contributed by atoms with Crippen LogP contribution in [0.1, 0.15) is 15.9 Å². The third kappa shape index (κ3) is 1.23. The molecular weight excluding hydrogens is 211 g/mol. The number of benzene rings is 1. The topological polar surface area (TPSA) is 37.3 Å². The normalized spacial score (nSPS) is 14.3. The number of carbonyl (C=O) groups is 1. The van der Waals surface area contributed by atoms with Crippen molar-refractivity contribution in [3.8, 4) is 0 Å². The van der Waals surface area contributed by atoms with Gasteiger partial charge in [0.2, 0.25) is 0 Å². The van der Waals surface area contributed by atoms with E-state index in [4.69, 9.17) is 23.2 Å². The maximum Gasteiger partial charge on any atom is 0.190 e. The monoisotopic (exact) mass is 214 g/mol. The highest BCUT2D eigenvalue weighted by Gasteiger charge is 2.22. The molecule has 66 valence electrons. The van der Waals surface area contributed by atoms with E-state index in [1.807, 2.05) is 0 Å². The van der Waals surface area contributed by atoms with Crippen LogP contribution in [-0.4, -0.2) is 10.9 Å². The van der Waals surface area contributed by atoms with Crippen molar-refractivity contribution in [3.63, 3.8) is 0 Å². The van der Waals surface area contributed by atoms with Gasteiger partial charge < -0.3 is 5.11 Å². The molecule has 1 aliphatic rings. The number of hydrogen-bond donors (Lipinski definition) is 1. The van der Waals surface area contributed by atoms with E-state index in [2.05, 4.69) is 0 Å². The molecule has 2 rings (SSSR count). The van der Waals surface area contributed by atoms with Gasteiger partial charge in [-0.1, -0.05) is 23.2 Å². The zero-order valence-corrected chi connectivity index (χ0v) is 7.86. The van der Waals surface area contributed by atoms with Gasteiger partial charge in [-0.15, -0.1) is 0 Å². The fourth-order valence-electron chi connectivity index (χ4n) is 1.24. The van der Waals surface area contributed by atoms with Crippen molar-refractivity contribution in [3.05, 3.63) is 39.4 Å². The third-order valence-corrected chi connectivity index (χ3v) is 2.59. The van der Waals surface area contributed by atoms with E-state index in [9.17, 15) is 9.90 Å². The van der Waals surface area contributed by atoms with Crippen LogP contribution in [0.25, 0.3) is 5.76 Å². The molecule has 0 amide bonds. The Labute approximate surface area is 84.4 Å². The van der Waals surface area contributed by atoms with Gasteiger partial charge in [0, 0.05) is 17.2 Å². The number of allylic oxidation sites excluding steroid dienone is 1. The molecule has 1 aromatic rings. The molecule has 0 aromatic heterocycles. The van der Waals surface area contributed by atoms with E-state index in [0.717, 1.165) is 6.08 Å². The molecule has 2 nitrogen and oxygen atoms in total. The first-order valence-corrected chi connectivity index (χ1v) is 4.29. The van der Waals surface area contributed by atoms with Crippen LogP contribution in [-0.2, 0) is 0 Å². The lowest BCUT2D eigenvalue weighted by molar-refractivity contribution is 0.104. The van der Waals surface area contributed by atoms with Gasteiger partial charge in [0.05, 0.1) is 10.0 Å². The van der Waals surface area contributed by atoms with Gasteiger partial charge >= 0.3 is 0 Å². The van der Waals surface area contributed by atoms with Crippen molar-refractivity contribution in [2.75, 3.05) is 0 Å². The van der Waals surface area contributed by atoms with Crippen molar-refractivity contribution < 1.29 is 9.90 Å². The first-order chi connectivity index (χ1) is 6.09. The van der Waals surface area contributed by atoms with E-state index in [0.29, 0.717) is 21.2 Å². The van der Waals surface area contributed by atoms with E-state index in [1.165, 1.54) is 12.1 Å². The molecular formula is C9H4Cl2O2. The first-order valence-electron chi connectivity index (χ1n) is 3.54. The lowest BCUT2D eigenvalue weighted by atomic mass is 10.1. The molecule has 0 unspecified atom stereocenters. The standard InChI is InChI=1S/C9H4Cl2O2/c10-6-1-4-5(2-7(6)11)9(13)3-8(4)12/h1-3,12H. The zero-order chi connectivity index (χ0) is 9.59. The molecule has 0 heterocycles. The van der Waals surface area contributed by atoms with Crippen molar-refractivity contribution in [1.29, 1.82) is 0 Å². The van der Waals surface area contributed by atoms with Crippen molar-refractivity contribution in [2.24, 2.45) is 0 Å². The van der Waals surface area contributed by atoms with E-state index in [1.54, 1.807) is 0 Å². The molecule has 0 saturated carbocycles. The van der Waals surface area contributed by atoms with Crippen molar-refractivity contribution >= 4 is 34.7 Å². The minimum atomic E-state index is -0.244. The maximum absolute atomic E-state index is 11.2. The molecule has 0 aliphatic heterocycles. The zero-order valence-electron chi connectivity index (χ0n) is 6.34. The second-order valence-electron chi connectivity index (χ2n) is 2.71. The second-order valence-corrected chi connectivity index (χ2v) is 3.52. The number of aliphatic hydroxyl groups excluding tert-OH is 1. The number of rotatable bonds is 0. The predicted molar refractivity (Wildman–Crippen MR) is 51.4 cm³/mol. The fraction of sp³-hybridized carbons (Fsp3) is 0. The van der Waals surface area contributed by atoms with Crippen LogP contribution in [0.15, 0.2) is 18.2 Å². The highest BCUT2D eigenvalue weighted by molar-refractivity contribution is 6.42. The Balaban J connectivity index is 2.72. The Kier molecular flexibility index (Phi) is 1.82. The van der Waals surface area contributed by atoms with E-state index in [-0.39, 0.29) is 11.5 Å². The summed E-state index contributed by atoms with van der Waals surface area (Å²) in [5, 5.41) is 9.95. The molecule has 0 atom stereocenters. The first kappa shape index (κ1) is 8.60. The van der Waals surface area contributed by atoms with Crippen LogP contribution in [0, 0.1) is 0 Å². The van der Waals surface area contributed by atoms with Gasteiger partial charge in [0.1, 0.15) is 5.76 Å². The number of carbonyl (C=O) groups excluding carboxylic acids is 1. The Morgan fingerprint density at radius 2 is 1.62 bits per heavy atom. The molecule has 13 heavy (non-hydrogen) atoms. The SMILES string of the molecule is O=C1C=C(O)c2cc(Cl)c(Cl)cc21. The number of hydrogen-bond acceptors (Lipinski definition) is 2. The number of halogens is 2. The fourth-order valence-corrected chi connectivity index (χ4v) is 1.57. The Hall–Kier alpha value is -0.990. The summed E-state index contributed by atoms with van der Waals surface area (Å²) < 4.78 is 0. The summed E-state index contributed by atoms with van der Waals surface area (Å²) in [4.78, 5) is 11.2. The Morgan fingerprint density at radius 3 is 2.23 bits per heavy atom. The minimum Gasteiger partial charge on any atom is -0.507 e. The molecule has 1 N–H and O–H groups in total. The molecule has 4 heteroatoms. The average Bonchev–Trinajstić information content (AvgIpc) is 2.31. The molecule has 0 fully saturated rings. The van der Waals surface area contributed by atoms with Crippen molar-refractivity contribution in [2.45, 2.75) is 0 Å². The summed E-state index contributed by atoms with van der Waals surface area (Å²) in [5.74, 6) is -0.301. The Bertz CT molecular complexity index is 435. The van der Waals surface area contributed by atoms with Crippen molar-refractivity contribution in [1.82, 2.24) is 0 Å². The van der Waals surface area contributed by atoms with Gasteiger partial charge in [-0.25, -0.2) is 0 Å².